The second kappa shape index (κ2) is 11.6. The van der Waals surface area contributed by atoms with E-state index in [9.17, 15) is 9.59 Å². The number of amides is 1. The molecule has 0 bridgehead atoms. The van der Waals surface area contributed by atoms with Crippen molar-refractivity contribution in [1.82, 2.24) is 0 Å². The third kappa shape index (κ3) is 6.21. The van der Waals surface area contributed by atoms with E-state index >= 15 is 0 Å². The Morgan fingerprint density at radius 3 is 1.87 bits per heavy atom. The number of methoxy groups -OCH3 is 2. The predicted octanol–water partition coefficient (Wildman–Crippen LogP) is 4.05. The van der Waals surface area contributed by atoms with Gasteiger partial charge in [-0.2, -0.15) is 0 Å². The first-order chi connectivity index (χ1) is 13.8. The fourth-order valence-corrected chi connectivity index (χ4v) is 3.20. The minimum Gasteiger partial charge on any atom is -0.497 e. The first-order valence-corrected chi connectivity index (χ1v) is 9.69. The predicted molar refractivity (Wildman–Crippen MR) is 122 cm³/mol. The molecule has 0 fully saturated rings. The molecule has 2 aromatic carbocycles. The lowest BCUT2D eigenvalue weighted by Crippen LogP contribution is -2.51. The van der Waals surface area contributed by atoms with Crippen molar-refractivity contribution in [1.29, 1.82) is 0 Å². The van der Waals surface area contributed by atoms with E-state index in [0.717, 1.165) is 16.9 Å². The number of hydrogen-bond donors (Lipinski definition) is 1. The highest BCUT2D eigenvalue weighted by atomic mass is 35.5. The van der Waals surface area contributed by atoms with Gasteiger partial charge in [0.2, 0.25) is 5.91 Å². The van der Waals surface area contributed by atoms with Crippen LogP contribution in [0.3, 0.4) is 0 Å². The number of carbonyl (C=O) groups is 2. The second-order valence-corrected chi connectivity index (χ2v) is 7.42. The molecule has 7 heteroatoms. The van der Waals surface area contributed by atoms with E-state index in [1.165, 1.54) is 12.0 Å². The van der Waals surface area contributed by atoms with Crippen LogP contribution in [-0.2, 0) is 14.3 Å². The van der Waals surface area contributed by atoms with Gasteiger partial charge >= 0.3 is 5.97 Å². The molecule has 0 saturated carbocycles. The summed E-state index contributed by atoms with van der Waals surface area (Å²) in [7, 11) is 2.93. The van der Waals surface area contributed by atoms with Gasteiger partial charge in [0.25, 0.3) is 0 Å². The molecule has 0 unspecified atom stereocenters. The highest BCUT2D eigenvalue weighted by Gasteiger charge is 2.31. The van der Waals surface area contributed by atoms with E-state index < -0.39 is 18.1 Å². The van der Waals surface area contributed by atoms with E-state index in [-0.39, 0.29) is 24.2 Å². The van der Waals surface area contributed by atoms with Gasteiger partial charge in [-0.3, -0.25) is 9.69 Å². The highest BCUT2D eigenvalue weighted by Crippen LogP contribution is 2.27. The molecule has 2 aromatic rings. The summed E-state index contributed by atoms with van der Waals surface area (Å²) in [6.07, 6.45) is 0.535. The number of rotatable bonds is 8. The van der Waals surface area contributed by atoms with E-state index in [1.54, 1.807) is 14.0 Å². The van der Waals surface area contributed by atoms with Crippen LogP contribution in [0.4, 0.5) is 5.69 Å². The molecule has 2 N–H and O–H groups in total. The minimum atomic E-state index is -0.780. The van der Waals surface area contributed by atoms with Gasteiger partial charge in [-0.05, 0) is 54.7 Å². The molecule has 0 aliphatic rings. The summed E-state index contributed by atoms with van der Waals surface area (Å²) in [4.78, 5) is 26.6. The maximum atomic E-state index is 13.0. The maximum absolute atomic E-state index is 13.0. The molecule has 0 aliphatic heterocycles. The fraction of sp³-hybridized carbons (Fsp3) is 0.391. The van der Waals surface area contributed by atoms with Gasteiger partial charge < -0.3 is 15.2 Å². The summed E-state index contributed by atoms with van der Waals surface area (Å²) in [6.45, 7) is 5.65. The second-order valence-electron chi connectivity index (χ2n) is 7.42. The average molecular weight is 435 g/mol. The molecule has 0 aliphatic carbocycles. The normalized spacial score (nSPS) is 12.5. The van der Waals surface area contributed by atoms with Crippen molar-refractivity contribution in [3.8, 4) is 16.9 Å². The Hall–Kier alpha value is -2.57. The summed E-state index contributed by atoms with van der Waals surface area (Å²) in [5.41, 5.74) is 8.74. The molecule has 0 aromatic heterocycles. The molecule has 0 saturated heterocycles. The summed E-state index contributed by atoms with van der Waals surface area (Å²) in [5, 5.41) is 0. The minimum absolute atomic E-state index is 0. The topological polar surface area (TPSA) is 81.9 Å². The zero-order valence-corrected chi connectivity index (χ0v) is 18.9. The number of halogens is 1. The van der Waals surface area contributed by atoms with Gasteiger partial charge in [0.15, 0.2) is 0 Å². The molecule has 0 spiro atoms. The van der Waals surface area contributed by atoms with E-state index in [2.05, 4.69) is 0 Å². The summed E-state index contributed by atoms with van der Waals surface area (Å²) < 4.78 is 10.0. The van der Waals surface area contributed by atoms with Crippen LogP contribution in [0.15, 0.2) is 48.5 Å². The van der Waals surface area contributed by atoms with Gasteiger partial charge in [0.05, 0.1) is 20.3 Å². The van der Waals surface area contributed by atoms with Gasteiger partial charge in [-0.25, -0.2) is 4.79 Å². The average Bonchev–Trinajstić information content (AvgIpc) is 2.73. The van der Waals surface area contributed by atoms with Crippen molar-refractivity contribution >= 4 is 30.0 Å². The number of nitrogens with zero attached hydrogens (tertiary/aromatic N) is 1. The van der Waals surface area contributed by atoms with Crippen LogP contribution < -0.4 is 15.4 Å². The Morgan fingerprint density at radius 2 is 1.43 bits per heavy atom. The molecule has 0 heterocycles. The number of nitrogens with two attached hydrogens (primary N) is 1. The highest BCUT2D eigenvalue weighted by molar-refractivity contribution is 6.02. The van der Waals surface area contributed by atoms with Crippen molar-refractivity contribution in [2.24, 2.45) is 11.7 Å². The Labute approximate surface area is 184 Å². The van der Waals surface area contributed by atoms with Crippen LogP contribution in [0.1, 0.15) is 27.2 Å². The van der Waals surface area contributed by atoms with Crippen molar-refractivity contribution in [3.05, 3.63) is 48.5 Å². The van der Waals surface area contributed by atoms with Crippen LogP contribution in [0.2, 0.25) is 0 Å². The number of anilines is 1. The molecule has 2 rings (SSSR count). The lowest BCUT2D eigenvalue weighted by atomic mass is 10.0. The van der Waals surface area contributed by atoms with Crippen molar-refractivity contribution in [2.45, 2.75) is 39.3 Å². The quantitative estimate of drug-likeness (QED) is 0.634. The Bertz CT molecular complexity index is 822. The number of ether oxygens (including phenoxy) is 2. The molecular formula is C23H31ClN2O4. The van der Waals surface area contributed by atoms with Crippen LogP contribution >= 0.6 is 12.4 Å². The fourth-order valence-electron chi connectivity index (χ4n) is 3.20. The van der Waals surface area contributed by atoms with Crippen molar-refractivity contribution < 1.29 is 19.1 Å². The molecule has 2 atom stereocenters. The van der Waals surface area contributed by atoms with Gasteiger partial charge in [-0.1, -0.05) is 38.1 Å². The SMILES string of the molecule is COC(=O)[C@H](C)N(C(=O)[C@@H](N)CC(C)C)c1ccc(-c2ccc(OC)cc2)cc1.Cl. The Morgan fingerprint density at radius 1 is 0.933 bits per heavy atom. The largest absolute Gasteiger partial charge is 0.497 e. The maximum Gasteiger partial charge on any atom is 0.328 e. The Kier molecular flexibility index (Phi) is 9.82. The summed E-state index contributed by atoms with van der Waals surface area (Å²) in [6, 6.07) is 13.7. The molecule has 0 radical (unpaired) electrons. The summed E-state index contributed by atoms with van der Waals surface area (Å²) in [5.74, 6) is 0.262. The zero-order chi connectivity index (χ0) is 21.6. The van der Waals surface area contributed by atoms with Gasteiger partial charge in [-0.15, -0.1) is 12.4 Å². The van der Waals surface area contributed by atoms with Crippen LogP contribution in [0, 0.1) is 5.92 Å². The third-order valence-electron chi connectivity index (χ3n) is 4.78. The first kappa shape index (κ1) is 25.5. The van der Waals surface area contributed by atoms with E-state index in [1.807, 2.05) is 62.4 Å². The van der Waals surface area contributed by atoms with Crippen LogP contribution in [0.5, 0.6) is 5.75 Å². The summed E-state index contributed by atoms with van der Waals surface area (Å²) >= 11 is 0. The lowest BCUT2D eigenvalue weighted by Gasteiger charge is -2.30. The lowest BCUT2D eigenvalue weighted by molar-refractivity contribution is -0.143. The molecular weight excluding hydrogens is 404 g/mol. The third-order valence-corrected chi connectivity index (χ3v) is 4.78. The smallest absolute Gasteiger partial charge is 0.328 e. The zero-order valence-electron chi connectivity index (χ0n) is 18.1. The first-order valence-electron chi connectivity index (χ1n) is 9.69. The monoisotopic (exact) mass is 434 g/mol. The van der Waals surface area contributed by atoms with E-state index in [4.69, 9.17) is 15.2 Å². The number of benzene rings is 2. The van der Waals surface area contributed by atoms with Crippen LogP contribution in [0.25, 0.3) is 11.1 Å². The molecule has 30 heavy (non-hydrogen) atoms. The molecule has 6 nitrogen and oxygen atoms in total. The number of esters is 1. The molecule has 1 amide bonds. The van der Waals surface area contributed by atoms with Crippen LogP contribution in [-0.4, -0.2) is 38.2 Å². The van der Waals surface area contributed by atoms with E-state index in [0.29, 0.717) is 12.1 Å². The Balaban J connectivity index is 0.00000450. The van der Waals surface area contributed by atoms with Crippen molar-refractivity contribution in [3.63, 3.8) is 0 Å². The number of carbonyl (C=O) groups excluding carboxylic acids is 2. The van der Waals surface area contributed by atoms with Crippen molar-refractivity contribution in [2.75, 3.05) is 19.1 Å². The van der Waals surface area contributed by atoms with Gasteiger partial charge in [0, 0.05) is 5.69 Å². The standard InChI is InChI=1S/C23H30N2O4.ClH/c1-15(2)14-21(24)22(26)25(16(3)23(27)29-5)19-10-6-17(7-11-19)18-8-12-20(28-4)13-9-18;/h6-13,15-16,21H,14,24H2,1-5H3;1H/t16-,21-;/m0./s1. The molecule has 164 valence electrons. The van der Waals surface area contributed by atoms with Gasteiger partial charge in [0.1, 0.15) is 11.8 Å². The number of hydrogen-bond acceptors (Lipinski definition) is 5.